The Hall–Kier alpha value is 0. The Morgan fingerprint density at radius 2 is 1.75 bits per heavy atom. The minimum atomic E-state index is 1.33. The van der Waals surface area contributed by atoms with E-state index >= 15 is 0 Å². The molecule has 0 spiro atoms. The van der Waals surface area contributed by atoms with Crippen LogP contribution in [0.4, 0.5) is 0 Å². The van der Waals surface area contributed by atoms with E-state index in [1.165, 1.54) is 38.5 Å². The van der Waals surface area contributed by atoms with Gasteiger partial charge in [-0.2, -0.15) is 19.3 Å². The van der Waals surface area contributed by atoms with Crippen LogP contribution in [0.5, 0.6) is 0 Å². The lowest BCUT2D eigenvalue weighted by atomic mass is 9.88. The Labute approximate surface area is 52.3 Å². The second-order valence-electron chi connectivity index (χ2n) is 2.66. The zero-order chi connectivity index (χ0) is 5.82. The van der Waals surface area contributed by atoms with E-state index in [-0.39, 0.29) is 0 Å². The zero-order valence-corrected chi connectivity index (χ0v) is 5.74. The van der Waals surface area contributed by atoms with Gasteiger partial charge in [0.05, 0.1) is 0 Å². The average molecular weight is 111 g/mol. The maximum absolute atomic E-state index is 2.28. The molecule has 0 amide bonds. The lowest BCUT2D eigenvalue weighted by molar-refractivity contribution is 0.515. The molecule has 0 radical (unpaired) electrons. The summed E-state index contributed by atoms with van der Waals surface area (Å²) in [7, 11) is 0. The van der Waals surface area contributed by atoms with Crippen molar-refractivity contribution in [1.29, 1.82) is 0 Å². The van der Waals surface area contributed by atoms with Gasteiger partial charge in [-0.1, -0.05) is 26.2 Å². The van der Waals surface area contributed by atoms with Crippen LogP contribution in [-0.4, -0.2) is 0 Å². The van der Waals surface area contributed by atoms with E-state index in [0.29, 0.717) is 0 Å². The Morgan fingerprint density at radius 1 is 1.12 bits per heavy atom. The van der Waals surface area contributed by atoms with Crippen LogP contribution in [0.2, 0.25) is 0 Å². The Bertz CT molecular complexity index is 51.1. The number of rotatable bonds is 1. The second-order valence-corrected chi connectivity index (χ2v) is 2.66. The van der Waals surface area contributed by atoms with Crippen molar-refractivity contribution in [3.8, 4) is 0 Å². The van der Waals surface area contributed by atoms with Crippen molar-refractivity contribution in [3.63, 3.8) is 0 Å². The molecule has 0 aromatic heterocycles. The molecule has 8 heavy (non-hydrogen) atoms. The summed E-state index contributed by atoms with van der Waals surface area (Å²) in [6.45, 7) is 2.28. The molecule has 0 atom stereocenters. The monoisotopic (exact) mass is 111 g/mol. The van der Waals surface area contributed by atoms with Gasteiger partial charge in [0.1, 0.15) is 0 Å². The first-order chi connectivity index (χ1) is 3.93. The maximum atomic E-state index is 2.28. The minimum Gasteiger partial charge on any atom is -0.314 e. The van der Waals surface area contributed by atoms with Crippen LogP contribution >= 0.6 is 0 Å². The van der Waals surface area contributed by atoms with E-state index in [2.05, 4.69) is 6.92 Å². The smallest absolute Gasteiger partial charge is 0.0581 e. The third-order valence-electron chi connectivity index (χ3n) is 2.06. The molecule has 0 saturated heterocycles. The maximum Gasteiger partial charge on any atom is -0.0581 e. The topological polar surface area (TPSA) is 0 Å². The van der Waals surface area contributed by atoms with Crippen LogP contribution in [0.3, 0.4) is 0 Å². The Kier molecular flexibility index (Phi) is 2.38. The molecule has 0 aromatic rings. The Balaban J connectivity index is 2.13. The molecule has 1 rings (SSSR count). The molecule has 0 aliphatic heterocycles. The largest absolute Gasteiger partial charge is 0.314 e. The van der Waals surface area contributed by atoms with E-state index < -0.39 is 0 Å². The molecule has 0 N–H and O–H groups in total. The van der Waals surface area contributed by atoms with Crippen LogP contribution < -0.4 is 0 Å². The highest BCUT2D eigenvalue weighted by atomic mass is 14.2. The van der Waals surface area contributed by atoms with Crippen molar-refractivity contribution in [2.75, 3.05) is 0 Å². The molecule has 1 fully saturated rings. The van der Waals surface area contributed by atoms with Gasteiger partial charge in [0.15, 0.2) is 0 Å². The molecule has 0 heteroatoms. The van der Waals surface area contributed by atoms with E-state index in [9.17, 15) is 0 Å². The first kappa shape index (κ1) is 6.12. The van der Waals surface area contributed by atoms with Crippen LogP contribution in [0.15, 0.2) is 0 Å². The molecule has 48 valence electrons. The first-order valence-corrected chi connectivity index (χ1v) is 3.77. The highest BCUT2D eigenvalue weighted by Gasteiger charge is 1.97. The fourth-order valence-corrected chi connectivity index (χ4v) is 1.41. The van der Waals surface area contributed by atoms with Crippen LogP contribution in [0, 0.1) is 5.92 Å². The Morgan fingerprint density at radius 3 is 2.12 bits per heavy atom. The molecular formula is C8H15-. The summed E-state index contributed by atoms with van der Waals surface area (Å²) in [5, 5.41) is 0. The fraction of sp³-hybridized carbons (Fsp3) is 0.875. The van der Waals surface area contributed by atoms with Crippen LogP contribution in [-0.2, 0) is 0 Å². The molecular weight excluding hydrogens is 96.1 g/mol. The summed E-state index contributed by atoms with van der Waals surface area (Å²) in [6.07, 6.45) is 8.59. The predicted octanol–water partition coefficient (Wildman–Crippen LogP) is 2.93. The van der Waals surface area contributed by atoms with Gasteiger partial charge in [-0.3, -0.25) is 0 Å². The van der Waals surface area contributed by atoms with Gasteiger partial charge in [-0.15, -0.1) is 0 Å². The molecule has 0 bridgehead atoms. The highest BCUT2D eigenvalue weighted by Crippen LogP contribution is 2.27. The second kappa shape index (κ2) is 3.11. The fourth-order valence-electron chi connectivity index (χ4n) is 1.41. The third kappa shape index (κ3) is 1.50. The molecule has 1 saturated carbocycles. The van der Waals surface area contributed by atoms with Gasteiger partial charge in [0, 0.05) is 0 Å². The van der Waals surface area contributed by atoms with E-state index in [0.717, 1.165) is 0 Å². The zero-order valence-electron chi connectivity index (χ0n) is 5.74. The SMILES string of the molecule is CC[C-]1CCCCC1. The third-order valence-corrected chi connectivity index (χ3v) is 2.06. The van der Waals surface area contributed by atoms with Crippen molar-refractivity contribution < 1.29 is 0 Å². The quantitative estimate of drug-likeness (QED) is 0.456. The van der Waals surface area contributed by atoms with Gasteiger partial charge < -0.3 is 5.92 Å². The summed E-state index contributed by atoms with van der Waals surface area (Å²) in [5.74, 6) is 1.80. The first-order valence-electron chi connectivity index (χ1n) is 3.77. The van der Waals surface area contributed by atoms with E-state index in [4.69, 9.17) is 0 Å². The van der Waals surface area contributed by atoms with Gasteiger partial charge in [-0.25, -0.2) is 0 Å². The van der Waals surface area contributed by atoms with Gasteiger partial charge in [0.25, 0.3) is 0 Å². The lowest BCUT2D eigenvalue weighted by Gasteiger charge is -2.32. The summed E-state index contributed by atoms with van der Waals surface area (Å²) >= 11 is 0. The predicted molar refractivity (Wildman–Crippen MR) is 36.6 cm³/mol. The molecule has 0 nitrogen and oxygen atoms in total. The summed E-state index contributed by atoms with van der Waals surface area (Å²) in [5.41, 5.74) is 0. The van der Waals surface area contributed by atoms with Crippen molar-refractivity contribution >= 4 is 0 Å². The van der Waals surface area contributed by atoms with Crippen molar-refractivity contribution in [2.45, 2.75) is 45.4 Å². The molecule has 0 unspecified atom stereocenters. The molecule has 1 aliphatic rings. The van der Waals surface area contributed by atoms with Crippen molar-refractivity contribution in [3.05, 3.63) is 5.92 Å². The van der Waals surface area contributed by atoms with Crippen LogP contribution in [0.1, 0.15) is 45.4 Å². The van der Waals surface area contributed by atoms with Crippen molar-refractivity contribution in [1.82, 2.24) is 0 Å². The summed E-state index contributed by atoms with van der Waals surface area (Å²) < 4.78 is 0. The summed E-state index contributed by atoms with van der Waals surface area (Å²) in [6, 6.07) is 0. The molecule has 1 aliphatic carbocycles. The van der Waals surface area contributed by atoms with Crippen LogP contribution in [0.25, 0.3) is 0 Å². The van der Waals surface area contributed by atoms with Gasteiger partial charge in [0.2, 0.25) is 0 Å². The van der Waals surface area contributed by atoms with E-state index in [1.54, 1.807) is 5.92 Å². The highest BCUT2D eigenvalue weighted by molar-refractivity contribution is 4.90. The average Bonchev–Trinajstić information content (AvgIpc) is 1.90. The van der Waals surface area contributed by atoms with Crippen molar-refractivity contribution in [2.24, 2.45) is 0 Å². The number of hydrogen-bond donors (Lipinski definition) is 0. The lowest BCUT2D eigenvalue weighted by Crippen LogP contribution is -2.01. The minimum absolute atomic E-state index is 1.33. The van der Waals surface area contributed by atoms with Gasteiger partial charge in [-0.05, 0) is 0 Å². The molecule has 0 aromatic carbocycles. The number of hydrogen-bond acceptors (Lipinski definition) is 0. The normalized spacial score (nSPS) is 23.6. The summed E-state index contributed by atoms with van der Waals surface area (Å²) in [4.78, 5) is 0. The van der Waals surface area contributed by atoms with E-state index in [1.807, 2.05) is 0 Å². The van der Waals surface area contributed by atoms with Gasteiger partial charge >= 0.3 is 0 Å². The molecule has 0 heterocycles. The standard InChI is InChI=1S/C8H15/c1-2-8-6-4-3-5-7-8/h2-7H2,1H3/q-1.